The predicted octanol–water partition coefficient (Wildman–Crippen LogP) is 2.41. The second kappa shape index (κ2) is 6.69. The van der Waals surface area contributed by atoms with Crippen molar-refractivity contribution in [3.63, 3.8) is 0 Å². The number of hydrogen-bond acceptors (Lipinski definition) is 5. The van der Waals surface area contributed by atoms with Crippen LogP contribution in [0.5, 0.6) is 11.5 Å². The van der Waals surface area contributed by atoms with E-state index < -0.39 is 0 Å². The highest BCUT2D eigenvalue weighted by Gasteiger charge is 2.22. The maximum Gasteiger partial charge on any atom is 0.127 e. The average Bonchev–Trinajstić information content (AvgIpc) is 2.49. The summed E-state index contributed by atoms with van der Waals surface area (Å²) < 4.78 is 11.7. The van der Waals surface area contributed by atoms with E-state index in [2.05, 4.69) is 26.3 Å². The first kappa shape index (κ1) is 14.8. The Balaban J connectivity index is 2.53. The summed E-state index contributed by atoms with van der Waals surface area (Å²) in [7, 11) is 3.22. The van der Waals surface area contributed by atoms with Crippen molar-refractivity contribution in [2.45, 2.75) is 6.04 Å². The predicted molar refractivity (Wildman–Crippen MR) is 80.6 cm³/mol. The van der Waals surface area contributed by atoms with Crippen molar-refractivity contribution < 1.29 is 9.47 Å². The molecule has 0 radical (unpaired) electrons. The highest BCUT2D eigenvalue weighted by molar-refractivity contribution is 9.10. The maximum absolute atomic E-state index is 5.71. The van der Waals surface area contributed by atoms with Crippen molar-refractivity contribution in [2.24, 2.45) is 5.84 Å². The number of hydrazine groups is 1. The first-order valence-electron chi connectivity index (χ1n) is 5.99. The van der Waals surface area contributed by atoms with Gasteiger partial charge in [0, 0.05) is 10.7 Å². The third-order valence-electron chi connectivity index (χ3n) is 2.97. The van der Waals surface area contributed by atoms with E-state index >= 15 is 0 Å². The Morgan fingerprint density at radius 3 is 2.25 bits per heavy atom. The van der Waals surface area contributed by atoms with Crippen LogP contribution in [0, 0.1) is 0 Å². The van der Waals surface area contributed by atoms with Crippen molar-refractivity contribution in [3.05, 3.63) is 52.3 Å². The Hall–Kier alpha value is -1.63. The number of hydrogen-bond donors (Lipinski definition) is 2. The second-order valence-electron chi connectivity index (χ2n) is 4.08. The molecule has 1 atom stereocenters. The molecule has 1 unspecified atom stereocenters. The van der Waals surface area contributed by atoms with E-state index in [0.717, 1.165) is 15.7 Å². The van der Waals surface area contributed by atoms with E-state index in [4.69, 9.17) is 15.3 Å². The lowest BCUT2D eigenvalue weighted by Gasteiger charge is -2.21. The summed E-state index contributed by atoms with van der Waals surface area (Å²) in [5, 5.41) is 0. The Morgan fingerprint density at radius 1 is 1.15 bits per heavy atom. The van der Waals surface area contributed by atoms with Crippen molar-refractivity contribution in [1.82, 2.24) is 10.4 Å². The number of ether oxygens (including phenoxy) is 2. The fraction of sp³-hybridized carbons (Fsp3) is 0.214. The average molecular weight is 338 g/mol. The third-order valence-corrected chi connectivity index (χ3v) is 3.44. The fourth-order valence-corrected chi connectivity index (χ4v) is 2.27. The van der Waals surface area contributed by atoms with Crippen molar-refractivity contribution in [3.8, 4) is 11.5 Å². The van der Waals surface area contributed by atoms with Crippen LogP contribution in [0.1, 0.15) is 17.3 Å². The van der Waals surface area contributed by atoms with E-state index in [1.165, 1.54) is 0 Å². The molecule has 0 spiro atoms. The smallest absolute Gasteiger partial charge is 0.127 e. The van der Waals surface area contributed by atoms with Crippen LogP contribution in [-0.4, -0.2) is 19.2 Å². The molecule has 0 amide bonds. The first-order chi connectivity index (χ1) is 9.71. The normalized spacial score (nSPS) is 12.0. The van der Waals surface area contributed by atoms with Crippen LogP contribution in [0.25, 0.3) is 0 Å². The van der Waals surface area contributed by atoms with Gasteiger partial charge in [-0.15, -0.1) is 0 Å². The minimum Gasteiger partial charge on any atom is -0.496 e. The molecule has 3 N–H and O–H groups in total. The number of aromatic nitrogens is 1. The summed E-state index contributed by atoms with van der Waals surface area (Å²) in [6, 6.07) is 9.06. The van der Waals surface area contributed by atoms with Gasteiger partial charge in [0.15, 0.2) is 0 Å². The molecule has 2 aromatic rings. The molecule has 5 nitrogen and oxygen atoms in total. The molecule has 6 heteroatoms. The molecule has 1 heterocycles. The van der Waals surface area contributed by atoms with Gasteiger partial charge in [0.05, 0.1) is 31.5 Å². The SMILES string of the molecule is COc1cccc(OC)c1C(NN)c1ccc(Br)cn1. The van der Waals surface area contributed by atoms with Gasteiger partial charge in [0.25, 0.3) is 0 Å². The molecular weight excluding hydrogens is 322 g/mol. The van der Waals surface area contributed by atoms with Gasteiger partial charge in [0.2, 0.25) is 0 Å². The summed E-state index contributed by atoms with van der Waals surface area (Å²) >= 11 is 3.37. The molecule has 20 heavy (non-hydrogen) atoms. The Kier molecular flexibility index (Phi) is 4.94. The van der Waals surface area contributed by atoms with Crippen LogP contribution in [0.15, 0.2) is 41.0 Å². The minimum absolute atomic E-state index is 0.325. The van der Waals surface area contributed by atoms with Crippen LogP contribution < -0.4 is 20.7 Å². The highest BCUT2D eigenvalue weighted by atomic mass is 79.9. The second-order valence-corrected chi connectivity index (χ2v) is 4.99. The number of benzene rings is 1. The summed E-state index contributed by atoms with van der Waals surface area (Å²) in [4.78, 5) is 4.38. The van der Waals surface area contributed by atoms with E-state index in [1.807, 2.05) is 30.3 Å². The highest BCUT2D eigenvalue weighted by Crippen LogP contribution is 2.36. The molecule has 1 aromatic carbocycles. The molecular formula is C14H16BrN3O2. The maximum atomic E-state index is 5.71. The van der Waals surface area contributed by atoms with E-state index in [-0.39, 0.29) is 6.04 Å². The van der Waals surface area contributed by atoms with Gasteiger partial charge in [-0.2, -0.15) is 0 Å². The van der Waals surface area contributed by atoms with Gasteiger partial charge in [-0.25, -0.2) is 5.43 Å². The standard InChI is InChI=1S/C14H16BrN3O2/c1-19-11-4-3-5-12(20-2)13(11)14(18-16)10-7-6-9(15)8-17-10/h3-8,14,18H,16H2,1-2H3. The van der Waals surface area contributed by atoms with Gasteiger partial charge in [-0.1, -0.05) is 6.07 Å². The van der Waals surface area contributed by atoms with Crippen molar-refractivity contribution >= 4 is 15.9 Å². The number of nitrogens with one attached hydrogen (secondary N) is 1. The molecule has 0 bridgehead atoms. The zero-order valence-corrected chi connectivity index (χ0v) is 12.8. The Labute approximate surface area is 126 Å². The molecule has 0 aliphatic heterocycles. The minimum atomic E-state index is -0.325. The lowest BCUT2D eigenvalue weighted by Crippen LogP contribution is -2.30. The lowest BCUT2D eigenvalue weighted by atomic mass is 10.0. The summed E-state index contributed by atoms with van der Waals surface area (Å²) in [6.07, 6.45) is 1.72. The molecule has 0 saturated heterocycles. The molecule has 0 aliphatic rings. The summed E-state index contributed by atoms with van der Waals surface area (Å²) in [6.45, 7) is 0. The van der Waals surface area contributed by atoms with Gasteiger partial charge in [-0.05, 0) is 40.2 Å². The molecule has 0 saturated carbocycles. The summed E-state index contributed by atoms with van der Waals surface area (Å²) in [5.74, 6) is 7.09. The van der Waals surface area contributed by atoms with E-state index in [0.29, 0.717) is 11.5 Å². The quantitative estimate of drug-likeness (QED) is 0.647. The van der Waals surface area contributed by atoms with Gasteiger partial charge in [-0.3, -0.25) is 10.8 Å². The molecule has 1 aromatic heterocycles. The van der Waals surface area contributed by atoms with E-state index in [9.17, 15) is 0 Å². The number of rotatable bonds is 5. The van der Waals surface area contributed by atoms with Gasteiger partial charge >= 0.3 is 0 Å². The van der Waals surface area contributed by atoms with E-state index in [1.54, 1.807) is 20.4 Å². The molecule has 2 rings (SSSR count). The summed E-state index contributed by atoms with van der Waals surface area (Å²) in [5.41, 5.74) is 4.36. The number of pyridine rings is 1. The van der Waals surface area contributed by atoms with Crippen LogP contribution in [0.4, 0.5) is 0 Å². The topological polar surface area (TPSA) is 69.4 Å². The Morgan fingerprint density at radius 2 is 1.80 bits per heavy atom. The zero-order chi connectivity index (χ0) is 14.5. The van der Waals surface area contributed by atoms with Crippen LogP contribution in [-0.2, 0) is 0 Å². The molecule has 0 aliphatic carbocycles. The van der Waals surface area contributed by atoms with Crippen molar-refractivity contribution in [1.29, 1.82) is 0 Å². The third kappa shape index (κ3) is 2.92. The van der Waals surface area contributed by atoms with Crippen LogP contribution >= 0.6 is 15.9 Å². The van der Waals surface area contributed by atoms with Crippen LogP contribution in [0.2, 0.25) is 0 Å². The number of methoxy groups -OCH3 is 2. The van der Waals surface area contributed by atoms with Gasteiger partial charge < -0.3 is 9.47 Å². The molecule has 106 valence electrons. The van der Waals surface area contributed by atoms with Crippen LogP contribution in [0.3, 0.4) is 0 Å². The lowest BCUT2D eigenvalue weighted by molar-refractivity contribution is 0.376. The molecule has 0 fully saturated rings. The van der Waals surface area contributed by atoms with Crippen molar-refractivity contribution in [2.75, 3.05) is 14.2 Å². The number of nitrogens with two attached hydrogens (primary N) is 1. The number of halogens is 1. The van der Waals surface area contributed by atoms with Gasteiger partial charge in [0.1, 0.15) is 11.5 Å². The largest absolute Gasteiger partial charge is 0.496 e. The number of nitrogens with zero attached hydrogens (tertiary/aromatic N) is 1. The first-order valence-corrected chi connectivity index (χ1v) is 6.79. The monoisotopic (exact) mass is 337 g/mol. The zero-order valence-electron chi connectivity index (χ0n) is 11.3. The fourth-order valence-electron chi connectivity index (χ4n) is 2.04. The Bertz CT molecular complexity index is 553.